The van der Waals surface area contributed by atoms with Gasteiger partial charge in [0, 0.05) is 0 Å². The summed E-state index contributed by atoms with van der Waals surface area (Å²) in [7, 11) is -0.552. The van der Waals surface area contributed by atoms with Crippen molar-refractivity contribution in [2.45, 2.75) is 48.5 Å². The first-order valence-electron chi connectivity index (χ1n) is 6.82. The van der Waals surface area contributed by atoms with Gasteiger partial charge >= 0.3 is 0 Å². The maximum absolute atomic E-state index is 2.37. The normalized spacial score (nSPS) is 18.2. The molecule has 0 aromatic carbocycles. The van der Waals surface area contributed by atoms with E-state index in [1.807, 2.05) is 0 Å². The zero-order valence-corrected chi connectivity index (χ0v) is 15.0. The van der Waals surface area contributed by atoms with Gasteiger partial charge in [-0.2, -0.15) is 0 Å². The highest BCUT2D eigenvalue weighted by Crippen LogP contribution is 2.41. The van der Waals surface area contributed by atoms with Crippen molar-refractivity contribution in [3.05, 3.63) is 23.1 Å². The first-order valence-corrected chi connectivity index (χ1v) is 9.74. The lowest BCUT2D eigenvalue weighted by molar-refractivity contribution is 0.261. The third-order valence-corrected chi connectivity index (χ3v) is 4.37. The van der Waals surface area contributed by atoms with Gasteiger partial charge in [-0.1, -0.05) is 66.2 Å². The third kappa shape index (κ3) is 6.68. The van der Waals surface area contributed by atoms with Crippen LogP contribution >= 0.6 is 10.0 Å². The second-order valence-electron chi connectivity index (χ2n) is 8.22. The summed E-state index contributed by atoms with van der Waals surface area (Å²) < 4.78 is 0. The Morgan fingerprint density at radius 1 is 0.944 bits per heavy atom. The van der Waals surface area contributed by atoms with Gasteiger partial charge in [-0.3, -0.25) is 0 Å². The van der Waals surface area contributed by atoms with Crippen LogP contribution in [0.2, 0.25) is 0 Å². The summed E-state index contributed by atoms with van der Waals surface area (Å²) in [6.07, 6.45) is 11.6. The molecule has 0 spiro atoms. The van der Waals surface area contributed by atoms with Crippen molar-refractivity contribution in [1.29, 1.82) is 0 Å². The van der Waals surface area contributed by atoms with Gasteiger partial charge in [-0.05, 0) is 40.9 Å². The second kappa shape index (κ2) is 5.86. The number of rotatable bonds is 3. The molecule has 0 aliphatic rings. The van der Waals surface area contributed by atoms with E-state index in [0.717, 1.165) is 0 Å². The van der Waals surface area contributed by atoms with E-state index in [1.54, 1.807) is 5.57 Å². The zero-order chi connectivity index (χ0) is 14.8. The minimum Gasteiger partial charge on any atom is -0.230 e. The summed E-state index contributed by atoms with van der Waals surface area (Å²) in [6.45, 7) is 16.3. The minimum absolute atomic E-state index is 0.240. The van der Waals surface area contributed by atoms with Crippen LogP contribution in [-0.2, 0) is 0 Å². The van der Waals surface area contributed by atoms with Gasteiger partial charge in [0.05, 0.1) is 0 Å². The fraction of sp³-hybridized carbons (Fsp3) is 0.765. The molecule has 0 radical (unpaired) electrons. The van der Waals surface area contributed by atoms with Crippen LogP contribution in [0.15, 0.2) is 23.1 Å². The fourth-order valence-electron chi connectivity index (χ4n) is 1.89. The molecule has 108 valence electrons. The van der Waals surface area contributed by atoms with Gasteiger partial charge in [0.15, 0.2) is 0 Å². The molecule has 0 aromatic rings. The van der Waals surface area contributed by atoms with E-state index in [2.05, 4.69) is 84.8 Å². The molecule has 0 heterocycles. The summed E-state index contributed by atoms with van der Waals surface area (Å²) >= 11 is 0. The highest BCUT2D eigenvalue weighted by molar-refractivity contribution is 8.34. The van der Waals surface area contributed by atoms with E-state index in [0.29, 0.717) is 11.3 Å². The van der Waals surface area contributed by atoms with Crippen LogP contribution < -0.4 is 0 Å². The average molecular weight is 271 g/mol. The summed E-state index contributed by atoms with van der Waals surface area (Å²) in [5.74, 6) is 0.595. The standard InChI is InChI=1S/C17H34S/c1-14(16(2,3)4)15(17(5,6)7)12-11-13-18(8,9)10/h11-14H,1-10H3. The molecule has 1 unspecified atom stereocenters. The molecule has 0 aromatic heterocycles. The summed E-state index contributed by atoms with van der Waals surface area (Å²) in [5.41, 5.74) is 2.11. The van der Waals surface area contributed by atoms with Gasteiger partial charge in [0.25, 0.3) is 0 Å². The quantitative estimate of drug-likeness (QED) is 0.564. The van der Waals surface area contributed by atoms with Crippen molar-refractivity contribution in [2.24, 2.45) is 16.7 Å². The second-order valence-corrected chi connectivity index (χ2v) is 12.4. The van der Waals surface area contributed by atoms with Crippen molar-refractivity contribution in [1.82, 2.24) is 0 Å². The van der Waals surface area contributed by atoms with Crippen LogP contribution in [0.25, 0.3) is 0 Å². The minimum atomic E-state index is -0.552. The fourth-order valence-corrected chi connectivity index (χ4v) is 2.44. The Labute approximate surface area is 117 Å². The van der Waals surface area contributed by atoms with E-state index >= 15 is 0 Å². The molecule has 0 bridgehead atoms. The molecule has 0 saturated carbocycles. The lowest BCUT2D eigenvalue weighted by atomic mass is 9.69. The first kappa shape index (κ1) is 17.8. The molecule has 0 aliphatic heterocycles. The maximum Gasteiger partial charge on any atom is -0.0167 e. The summed E-state index contributed by atoms with van der Waals surface area (Å²) in [6, 6.07) is 0. The number of hydrogen-bond acceptors (Lipinski definition) is 0. The van der Waals surface area contributed by atoms with Crippen LogP contribution in [0.4, 0.5) is 0 Å². The van der Waals surface area contributed by atoms with E-state index in [-0.39, 0.29) is 5.41 Å². The monoisotopic (exact) mass is 270 g/mol. The first-order chi connectivity index (χ1) is 7.75. The van der Waals surface area contributed by atoms with Gasteiger partial charge in [-0.15, -0.1) is 0 Å². The zero-order valence-electron chi connectivity index (χ0n) is 14.2. The van der Waals surface area contributed by atoms with E-state index < -0.39 is 10.0 Å². The van der Waals surface area contributed by atoms with Gasteiger partial charge in [0.2, 0.25) is 0 Å². The molecule has 1 heteroatoms. The van der Waals surface area contributed by atoms with Gasteiger partial charge < -0.3 is 0 Å². The Kier molecular flexibility index (Phi) is 5.80. The molecule has 0 aliphatic carbocycles. The topological polar surface area (TPSA) is 0 Å². The highest BCUT2D eigenvalue weighted by atomic mass is 32.3. The van der Waals surface area contributed by atoms with Gasteiger partial charge in [-0.25, -0.2) is 10.0 Å². The van der Waals surface area contributed by atoms with Crippen molar-refractivity contribution in [3.63, 3.8) is 0 Å². The number of allylic oxidation sites excluding steroid dienone is 3. The maximum atomic E-state index is 2.37. The molecule has 18 heavy (non-hydrogen) atoms. The largest absolute Gasteiger partial charge is 0.230 e. The summed E-state index contributed by atoms with van der Waals surface area (Å²) in [5, 5.41) is 2.37. The third-order valence-electron chi connectivity index (χ3n) is 3.39. The van der Waals surface area contributed by atoms with E-state index in [1.165, 1.54) is 0 Å². The van der Waals surface area contributed by atoms with Crippen LogP contribution in [0.3, 0.4) is 0 Å². The van der Waals surface area contributed by atoms with Crippen LogP contribution in [-0.4, -0.2) is 18.8 Å². The van der Waals surface area contributed by atoms with E-state index in [4.69, 9.17) is 0 Å². The molecule has 0 amide bonds. The lowest BCUT2D eigenvalue weighted by Crippen LogP contribution is -2.26. The molecule has 0 N–H and O–H groups in total. The van der Waals surface area contributed by atoms with Crippen molar-refractivity contribution < 1.29 is 0 Å². The van der Waals surface area contributed by atoms with E-state index in [9.17, 15) is 0 Å². The SMILES string of the molecule is CC(C(=CC=CS(C)(C)C)C(C)(C)C)C(C)(C)C. The molecule has 0 fully saturated rings. The highest BCUT2D eigenvalue weighted by Gasteiger charge is 2.29. The van der Waals surface area contributed by atoms with Crippen LogP contribution in [0, 0.1) is 16.7 Å². The molecule has 0 rings (SSSR count). The average Bonchev–Trinajstić information content (AvgIpc) is 2.05. The summed E-state index contributed by atoms with van der Waals surface area (Å²) in [4.78, 5) is 0. The molecule has 0 nitrogen and oxygen atoms in total. The van der Waals surface area contributed by atoms with Crippen LogP contribution in [0.5, 0.6) is 0 Å². The van der Waals surface area contributed by atoms with Crippen molar-refractivity contribution >= 4 is 10.0 Å². The molecule has 1 atom stereocenters. The smallest absolute Gasteiger partial charge is 0.0167 e. The lowest BCUT2D eigenvalue weighted by Gasteiger charge is -2.36. The Morgan fingerprint density at radius 3 is 1.67 bits per heavy atom. The Bertz CT molecular complexity index is 313. The molecular formula is C17H34S. The van der Waals surface area contributed by atoms with Crippen molar-refractivity contribution in [3.8, 4) is 0 Å². The molecular weight excluding hydrogens is 236 g/mol. The Balaban J connectivity index is 5.29. The van der Waals surface area contributed by atoms with Crippen LogP contribution in [0.1, 0.15) is 48.5 Å². The molecule has 0 saturated heterocycles. The predicted molar refractivity (Wildman–Crippen MR) is 90.7 cm³/mol. The Hall–Kier alpha value is -0.170. The number of hydrogen-bond donors (Lipinski definition) is 0. The van der Waals surface area contributed by atoms with Gasteiger partial charge in [0.1, 0.15) is 0 Å². The van der Waals surface area contributed by atoms with Crippen molar-refractivity contribution in [2.75, 3.05) is 18.8 Å². The predicted octanol–water partition coefficient (Wildman–Crippen LogP) is 5.85. The Morgan fingerprint density at radius 2 is 1.39 bits per heavy atom.